The molecule has 0 bridgehead atoms. The van der Waals surface area contributed by atoms with Crippen molar-refractivity contribution in [3.05, 3.63) is 65.2 Å². The third-order valence-corrected chi connectivity index (χ3v) is 3.27. The predicted molar refractivity (Wildman–Crippen MR) is 77.9 cm³/mol. The molecule has 0 amide bonds. The van der Waals surface area contributed by atoms with Gasteiger partial charge in [0.05, 0.1) is 5.56 Å². The Hall–Kier alpha value is -2.01. The standard InChI is InChI=1S/C16H17F3N2/c1-21(11-13-6-4-5-12(9-13)10-20)15-8-3-2-7-14(15)16(17,18)19/h2-9H,10-11,20H2,1H3. The quantitative estimate of drug-likeness (QED) is 0.929. The van der Waals surface area contributed by atoms with Crippen LogP contribution in [0.2, 0.25) is 0 Å². The molecule has 0 aliphatic rings. The van der Waals surface area contributed by atoms with E-state index in [2.05, 4.69) is 0 Å². The van der Waals surface area contributed by atoms with Crippen molar-refractivity contribution in [2.75, 3.05) is 11.9 Å². The molecular weight excluding hydrogens is 277 g/mol. The molecule has 2 rings (SSSR count). The van der Waals surface area contributed by atoms with Crippen LogP contribution in [0.3, 0.4) is 0 Å². The second kappa shape index (κ2) is 6.18. The van der Waals surface area contributed by atoms with Gasteiger partial charge < -0.3 is 10.6 Å². The van der Waals surface area contributed by atoms with Crippen molar-refractivity contribution in [1.82, 2.24) is 0 Å². The molecule has 0 heterocycles. The Labute approximate surface area is 122 Å². The number of nitrogens with two attached hydrogens (primary N) is 1. The van der Waals surface area contributed by atoms with Gasteiger partial charge >= 0.3 is 6.18 Å². The summed E-state index contributed by atoms with van der Waals surface area (Å²) in [5.41, 5.74) is 7.02. The van der Waals surface area contributed by atoms with Gasteiger partial charge in [0.1, 0.15) is 0 Å². The number of rotatable bonds is 4. The van der Waals surface area contributed by atoms with Crippen LogP contribution >= 0.6 is 0 Å². The molecule has 0 spiro atoms. The first kappa shape index (κ1) is 15.4. The van der Waals surface area contributed by atoms with Crippen LogP contribution in [0.5, 0.6) is 0 Å². The minimum atomic E-state index is -4.36. The molecule has 0 atom stereocenters. The summed E-state index contributed by atoms with van der Waals surface area (Å²) in [6.07, 6.45) is -4.36. The molecule has 0 aromatic heterocycles. The van der Waals surface area contributed by atoms with Gasteiger partial charge in [-0.2, -0.15) is 13.2 Å². The molecule has 0 unspecified atom stereocenters. The first-order chi connectivity index (χ1) is 9.91. The van der Waals surface area contributed by atoms with Crippen LogP contribution in [-0.4, -0.2) is 7.05 Å². The Kier molecular flexibility index (Phi) is 4.53. The van der Waals surface area contributed by atoms with Gasteiger partial charge in [-0.15, -0.1) is 0 Å². The van der Waals surface area contributed by atoms with Gasteiger partial charge in [-0.25, -0.2) is 0 Å². The zero-order chi connectivity index (χ0) is 15.5. The summed E-state index contributed by atoms with van der Waals surface area (Å²) in [5, 5.41) is 0. The van der Waals surface area contributed by atoms with Crippen LogP contribution in [0.15, 0.2) is 48.5 Å². The van der Waals surface area contributed by atoms with E-state index in [0.29, 0.717) is 13.1 Å². The maximum absolute atomic E-state index is 13.0. The number of anilines is 1. The molecule has 21 heavy (non-hydrogen) atoms. The molecule has 2 aromatic rings. The third-order valence-electron chi connectivity index (χ3n) is 3.27. The third kappa shape index (κ3) is 3.76. The van der Waals surface area contributed by atoms with Crippen molar-refractivity contribution < 1.29 is 13.2 Å². The predicted octanol–water partition coefficient (Wildman–Crippen LogP) is 3.80. The summed E-state index contributed by atoms with van der Waals surface area (Å²) in [6, 6.07) is 13.1. The Morgan fingerprint density at radius 2 is 1.67 bits per heavy atom. The van der Waals surface area contributed by atoms with E-state index < -0.39 is 11.7 Å². The van der Waals surface area contributed by atoms with Crippen molar-refractivity contribution in [3.8, 4) is 0 Å². The molecule has 112 valence electrons. The number of benzene rings is 2. The molecule has 2 N–H and O–H groups in total. The van der Waals surface area contributed by atoms with E-state index in [4.69, 9.17) is 5.73 Å². The fourth-order valence-electron chi connectivity index (χ4n) is 2.26. The molecule has 0 saturated heterocycles. The summed E-state index contributed by atoms with van der Waals surface area (Å²) in [7, 11) is 1.65. The molecule has 2 aromatic carbocycles. The molecule has 0 aliphatic heterocycles. The fourth-order valence-corrected chi connectivity index (χ4v) is 2.26. The lowest BCUT2D eigenvalue weighted by atomic mass is 10.1. The molecule has 5 heteroatoms. The van der Waals surface area contributed by atoms with E-state index >= 15 is 0 Å². The van der Waals surface area contributed by atoms with Crippen LogP contribution in [0.25, 0.3) is 0 Å². The second-order valence-electron chi connectivity index (χ2n) is 4.90. The lowest BCUT2D eigenvalue weighted by Gasteiger charge is -2.23. The highest BCUT2D eigenvalue weighted by Gasteiger charge is 2.33. The van der Waals surface area contributed by atoms with Crippen molar-refractivity contribution in [2.24, 2.45) is 5.73 Å². The van der Waals surface area contributed by atoms with E-state index in [1.54, 1.807) is 18.0 Å². The largest absolute Gasteiger partial charge is 0.418 e. The van der Waals surface area contributed by atoms with E-state index in [0.717, 1.165) is 17.2 Å². The van der Waals surface area contributed by atoms with Gasteiger partial charge in [0, 0.05) is 25.8 Å². The topological polar surface area (TPSA) is 29.3 Å². The average molecular weight is 294 g/mol. The zero-order valence-corrected chi connectivity index (χ0v) is 11.7. The first-order valence-electron chi connectivity index (χ1n) is 6.57. The van der Waals surface area contributed by atoms with Crippen LogP contribution in [-0.2, 0) is 19.3 Å². The van der Waals surface area contributed by atoms with Gasteiger partial charge in [0.15, 0.2) is 0 Å². The van der Waals surface area contributed by atoms with Crippen molar-refractivity contribution in [2.45, 2.75) is 19.3 Å². The second-order valence-corrected chi connectivity index (χ2v) is 4.90. The van der Waals surface area contributed by atoms with Crippen molar-refractivity contribution in [1.29, 1.82) is 0 Å². The van der Waals surface area contributed by atoms with Crippen molar-refractivity contribution >= 4 is 5.69 Å². The highest BCUT2D eigenvalue weighted by molar-refractivity contribution is 5.54. The molecule has 0 radical (unpaired) electrons. The highest BCUT2D eigenvalue weighted by Crippen LogP contribution is 2.36. The summed E-state index contributed by atoms with van der Waals surface area (Å²) < 4.78 is 39.1. The molecule has 2 nitrogen and oxygen atoms in total. The SMILES string of the molecule is CN(Cc1cccc(CN)c1)c1ccccc1C(F)(F)F. The number of para-hydroxylation sites is 1. The fraction of sp³-hybridized carbons (Fsp3) is 0.250. The minimum Gasteiger partial charge on any atom is -0.370 e. The lowest BCUT2D eigenvalue weighted by molar-refractivity contribution is -0.137. The summed E-state index contributed by atoms with van der Waals surface area (Å²) in [6.45, 7) is 0.803. The first-order valence-corrected chi connectivity index (χ1v) is 6.57. The molecule has 0 fully saturated rings. The number of halogens is 3. The normalized spacial score (nSPS) is 11.5. The van der Waals surface area contributed by atoms with Crippen LogP contribution < -0.4 is 10.6 Å². The van der Waals surface area contributed by atoms with E-state index in [9.17, 15) is 13.2 Å². The summed E-state index contributed by atoms with van der Waals surface area (Å²) in [5.74, 6) is 0. The zero-order valence-electron chi connectivity index (χ0n) is 11.7. The Morgan fingerprint density at radius 3 is 2.33 bits per heavy atom. The monoisotopic (exact) mass is 294 g/mol. The summed E-state index contributed by atoms with van der Waals surface area (Å²) >= 11 is 0. The van der Waals surface area contributed by atoms with Crippen LogP contribution in [0, 0.1) is 0 Å². The molecule has 0 aliphatic carbocycles. The Morgan fingerprint density at radius 1 is 1.00 bits per heavy atom. The molecular formula is C16H17F3N2. The van der Waals surface area contributed by atoms with Crippen molar-refractivity contribution in [3.63, 3.8) is 0 Å². The maximum atomic E-state index is 13.0. The van der Waals surface area contributed by atoms with Crippen LogP contribution in [0.4, 0.5) is 18.9 Å². The molecule has 0 saturated carbocycles. The Balaban J connectivity index is 2.26. The van der Waals surface area contributed by atoms with Gasteiger partial charge in [0.25, 0.3) is 0 Å². The van der Waals surface area contributed by atoms with E-state index in [-0.39, 0.29) is 5.69 Å². The van der Waals surface area contributed by atoms with Gasteiger partial charge in [-0.3, -0.25) is 0 Å². The average Bonchev–Trinajstić information content (AvgIpc) is 2.46. The van der Waals surface area contributed by atoms with Gasteiger partial charge in [0.2, 0.25) is 0 Å². The number of hydrogen-bond acceptors (Lipinski definition) is 2. The lowest BCUT2D eigenvalue weighted by Crippen LogP contribution is -2.21. The van der Waals surface area contributed by atoms with E-state index in [1.807, 2.05) is 24.3 Å². The van der Waals surface area contributed by atoms with Crippen LogP contribution in [0.1, 0.15) is 16.7 Å². The van der Waals surface area contributed by atoms with Gasteiger partial charge in [-0.05, 0) is 23.3 Å². The van der Waals surface area contributed by atoms with Gasteiger partial charge in [-0.1, -0.05) is 36.4 Å². The smallest absolute Gasteiger partial charge is 0.370 e. The maximum Gasteiger partial charge on any atom is 0.418 e. The Bertz CT molecular complexity index is 608. The highest BCUT2D eigenvalue weighted by atomic mass is 19.4. The summed E-state index contributed by atoms with van der Waals surface area (Å²) in [4.78, 5) is 1.60. The number of nitrogens with zero attached hydrogens (tertiary/aromatic N) is 1. The van der Waals surface area contributed by atoms with E-state index in [1.165, 1.54) is 12.1 Å². The minimum absolute atomic E-state index is 0.170. The number of alkyl halides is 3. The number of hydrogen-bond donors (Lipinski definition) is 1.